The van der Waals surface area contributed by atoms with E-state index in [0.717, 1.165) is 30.9 Å². The predicted molar refractivity (Wildman–Crippen MR) is 125 cm³/mol. The second kappa shape index (κ2) is 8.94. The molecule has 0 aliphatic carbocycles. The first-order valence-electron chi connectivity index (χ1n) is 11.3. The second-order valence-electron chi connectivity index (χ2n) is 8.56. The lowest BCUT2D eigenvalue weighted by molar-refractivity contribution is 0.0571. The molecule has 1 atom stereocenters. The van der Waals surface area contributed by atoms with Crippen LogP contribution in [0.4, 0.5) is 5.69 Å². The normalized spacial score (nSPS) is 18.7. The Bertz CT molecular complexity index is 981. The summed E-state index contributed by atoms with van der Waals surface area (Å²) in [5, 5.41) is 3.67. The zero-order valence-corrected chi connectivity index (χ0v) is 17.8. The third kappa shape index (κ3) is 4.35. The van der Waals surface area contributed by atoms with Crippen LogP contribution in [-0.2, 0) is 0 Å². The van der Waals surface area contributed by atoms with Crippen molar-refractivity contribution in [1.82, 2.24) is 9.80 Å². The Morgan fingerprint density at radius 1 is 0.839 bits per heavy atom. The number of nitrogens with zero attached hydrogens (tertiary/aromatic N) is 2. The Balaban J connectivity index is 1.37. The summed E-state index contributed by atoms with van der Waals surface area (Å²) >= 11 is 0. The lowest BCUT2D eigenvalue weighted by Crippen LogP contribution is -2.52. The van der Waals surface area contributed by atoms with E-state index in [1.165, 1.54) is 30.5 Å². The third-order valence-corrected chi connectivity index (χ3v) is 6.56. The Kier molecular flexibility index (Phi) is 5.72. The molecule has 3 aromatic rings. The molecule has 1 N–H and O–H groups in total. The number of rotatable bonds is 5. The Morgan fingerprint density at radius 3 is 2.26 bits per heavy atom. The van der Waals surface area contributed by atoms with Gasteiger partial charge in [0.25, 0.3) is 5.91 Å². The molecular formula is C27H29N3O. The number of fused-ring (bicyclic) bond motifs is 1. The van der Waals surface area contributed by atoms with Crippen molar-refractivity contribution in [2.24, 2.45) is 0 Å². The van der Waals surface area contributed by atoms with Crippen LogP contribution in [0.25, 0.3) is 0 Å². The summed E-state index contributed by atoms with van der Waals surface area (Å²) in [4.78, 5) is 17.8. The summed E-state index contributed by atoms with van der Waals surface area (Å²) < 4.78 is 0. The van der Waals surface area contributed by atoms with E-state index in [2.05, 4.69) is 58.7 Å². The van der Waals surface area contributed by atoms with Gasteiger partial charge in [-0.1, -0.05) is 66.7 Å². The summed E-state index contributed by atoms with van der Waals surface area (Å²) in [6.45, 7) is 3.86. The molecule has 1 amide bonds. The zero-order valence-electron chi connectivity index (χ0n) is 17.8. The topological polar surface area (TPSA) is 35.6 Å². The summed E-state index contributed by atoms with van der Waals surface area (Å²) in [5.74, 6) is 0.145. The van der Waals surface area contributed by atoms with Gasteiger partial charge in [-0.25, -0.2) is 0 Å². The van der Waals surface area contributed by atoms with Gasteiger partial charge < -0.3 is 10.2 Å². The quantitative estimate of drug-likeness (QED) is 0.655. The van der Waals surface area contributed by atoms with Gasteiger partial charge in [-0.2, -0.15) is 0 Å². The molecule has 2 saturated heterocycles. The summed E-state index contributed by atoms with van der Waals surface area (Å²) in [5.41, 5.74) is 4.12. The van der Waals surface area contributed by atoms with Crippen molar-refractivity contribution < 1.29 is 4.79 Å². The van der Waals surface area contributed by atoms with Crippen molar-refractivity contribution >= 4 is 11.6 Å². The minimum Gasteiger partial charge on any atom is -0.374 e. The standard InChI is InChI=1S/C27H29N3O/c31-27(30-18-17-29-16-8-15-25(29)20-30)23-13-7-14-24(19-23)28-26(21-9-3-1-4-10-21)22-11-5-2-6-12-22/h1-7,9-14,19,25-26,28H,8,15-18,20H2/t25-/m1/s1. The van der Waals surface area contributed by atoms with Gasteiger partial charge in [-0.15, -0.1) is 0 Å². The minimum absolute atomic E-state index is 0.0229. The molecular weight excluding hydrogens is 382 g/mol. The molecule has 2 aliphatic rings. The van der Waals surface area contributed by atoms with E-state index in [1.54, 1.807) is 0 Å². The molecule has 2 fully saturated rings. The van der Waals surface area contributed by atoms with Crippen molar-refractivity contribution in [3.8, 4) is 0 Å². The average Bonchev–Trinajstić information content (AvgIpc) is 3.31. The largest absolute Gasteiger partial charge is 0.374 e. The van der Waals surface area contributed by atoms with E-state index in [9.17, 15) is 4.79 Å². The number of carbonyl (C=O) groups is 1. The fourth-order valence-electron chi connectivity index (χ4n) is 4.92. The number of hydrogen-bond acceptors (Lipinski definition) is 3. The van der Waals surface area contributed by atoms with Crippen LogP contribution in [0, 0.1) is 0 Å². The molecule has 0 radical (unpaired) electrons. The first kappa shape index (κ1) is 19.8. The van der Waals surface area contributed by atoms with E-state index >= 15 is 0 Å². The fraction of sp³-hybridized carbons (Fsp3) is 0.296. The average molecular weight is 412 g/mol. The van der Waals surface area contributed by atoms with Crippen LogP contribution in [0.15, 0.2) is 84.9 Å². The van der Waals surface area contributed by atoms with Gasteiger partial charge in [0.15, 0.2) is 0 Å². The Labute approximate surface area is 184 Å². The number of carbonyl (C=O) groups excluding carboxylic acids is 1. The fourth-order valence-corrected chi connectivity index (χ4v) is 4.92. The van der Waals surface area contributed by atoms with Crippen LogP contribution in [-0.4, -0.2) is 47.9 Å². The van der Waals surface area contributed by atoms with Crippen LogP contribution in [0.2, 0.25) is 0 Å². The maximum absolute atomic E-state index is 13.2. The number of anilines is 1. The van der Waals surface area contributed by atoms with Crippen LogP contribution >= 0.6 is 0 Å². The monoisotopic (exact) mass is 411 g/mol. The van der Waals surface area contributed by atoms with Crippen molar-refractivity contribution in [1.29, 1.82) is 0 Å². The smallest absolute Gasteiger partial charge is 0.254 e. The molecule has 4 nitrogen and oxygen atoms in total. The molecule has 0 aromatic heterocycles. The molecule has 0 bridgehead atoms. The molecule has 158 valence electrons. The minimum atomic E-state index is 0.0229. The Hall–Kier alpha value is -3.11. The number of piperazine rings is 1. The highest BCUT2D eigenvalue weighted by molar-refractivity contribution is 5.95. The molecule has 0 saturated carbocycles. The van der Waals surface area contributed by atoms with Gasteiger partial charge in [-0.05, 0) is 48.7 Å². The maximum atomic E-state index is 13.2. The van der Waals surface area contributed by atoms with E-state index in [0.29, 0.717) is 6.04 Å². The number of amides is 1. The van der Waals surface area contributed by atoms with Gasteiger partial charge in [0.2, 0.25) is 0 Å². The van der Waals surface area contributed by atoms with E-state index in [1.807, 2.05) is 41.3 Å². The molecule has 0 unspecified atom stereocenters. The van der Waals surface area contributed by atoms with Gasteiger partial charge in [0.05, 0.1) is 6.04 Å². The van der Waals surface area contributed by atoms with Crippen LogP contribution in [0.1, 0.15) is 40.4 Å². The van der Waals surface area contributed by atoms with Crippen molar-refractivity contribution in [3.05, 3.63) is 102 Å². The zero-order chi connectivity index (χ0) is 21.0. The maximum Gasteiger partial charge on any atom is 0.254 e. The molecule has 2 aliphatic heterocycles. The highest BCUT2D eigenvalue weighted by atomic mass is 16.2. The van der Waals surface area contributed by atoms with Gasteiger partial charge in [0, 0.05) is 36.9 Å². The van der Waals surface area contributed by atoms with Crippen molar-refractivity contribution in [3.63, 3.8) is 0 Å². The van der Waals surface area contributed by atoms with Gasteiger partial charge in [0.1, 0.15) is 0 Å². The molecule has 5 rings (SSSR count). The summed E-state index contributed by atoms with van der Waals surface area (Å²) in [6.07, 6.45) is 2.47. The molecule has 31 heavy (non-hydrogen) atoms. The highest BCUT2D eigenvalue weighted by Crippen LogP contribution is 2.28. The van der Waals surface area contributed by atoms with Crippen LogP contribution < -0.4 is 5.32 Å². The molecule has 4 heteroatoms. The predicted octanol–water partition coefficient (Wildman–Crippen LogP) is 4.81. The number of nitrogens with one attached hydrogen (secondary N) is 1. The first-order chi connectivity index (χ1) is 15.3. The summed E-state index contributed by atoms with van der Waals surface area (Å²) in [6, 6.07) is 29.4. The molecule has 0 spiro atoms. The number of hydrogen-bond donors (Lipinski definition) is 1. The lowest BCUT2D eigenvalue weighted by Gasteiger charge is -2.37. The van der Waals surface area contributed by atoms with Crippen molar-refractivity contribution in [2.75, 3.05) is 31.5 Å². The van der Waals surface area contributed by atoms with Crippen molar-refractivity contribution in [2.45, 2.75) is 24.9 Å². The Morgan fingerprint density at radius 2 is 1.55 bits per heavy atom. The highest BCUT2D eigenvalue weighted by Gasteiger charge is 2.32. The summed E-state index contributed by atoms with van der Waals surface area (Å²) in [7, 11) is 0. The second-order valence-corrected chi connectivity index (χ2v) is 8.56. The molecule has 2 heterocycles. The van der Waals surface area contributed by atoms with Gasteiger partial charge >= 0.3 is 0 Å². The number of benzene rings is 3. The third-order valence-electron chi connectivity index (χ3n) is 6.56. The van der Waals surface area contributed by atoms with E-state index < -0.39 is 0 Å². The van der Waals surface area contributed by atoms with Crippen LogP contribution in [0.5, 0.6) is 0 Å². The van der Waals surface area contributed by atoms with Gasteiger partial charge in [-0.3, -0.25) is 9.69 Å². The van der Waals surface area contributed by atoms with E-state index in [-0.39, 0.29) is 11.9 Å². The van der Waals surface area contributed by atoms with E-state index in [4.69, 9.17) is 0 Å². The van der Waals surface area contributed by atoms with Crippen LogP contribution in [0.3, 0.4) is 0 Å². The first-order valence-corrected chi connectivity index (χ1v) is 11.3. The molecule has 3 aromatic carbocycles. The SMILES string of the molecule is O=C(c1cccc(NC(c2ccccc2)c2ccccc2)c1)N1CCN2CCC[C@@H]2C1. The lowest BCUT2D eigenvalue weighted by atomic mass is 9.98.